The van der Waals surface area contributed by atoms with Crippen molar-refractivity contribution in [1.82, 2.24) is 4.98 Å². The largest absolute Gasteiger partial charge is 0.301 e. The van der Waals surface area contributed by atoms with Gasteiger partial charge in [0.15, 0.2) is 12.4 Å². The predicted molar refractivity (Wildman–Crippen MR) is 91.2 cm³/mol. The molecule has 4 rings (SSSR count). The third kappa shape index (κ3) is 2.25. The predicted octanol–water partition coefficient (Wildman–Crippen LogP) is 2.51. The van der Waals surface area contributed by atoms with Gasteiger partial charge in [0.25, 0.3) is 0 Å². The van der Waals surface area contributed by atoms with E-state index in [-0.39, 0.29) is 0 Å². The summed E-state index contributed by atoms with van der Waals surface area (Å²) in [6.45, 7) is 2.66. The number of imidazole rings is 1. The van der Waals surface area contributed by atoms with Crippen LogP contribution in [0.1, 0.15) is 16.7 Å². The van der Waals surface area contributed by atoms with E-state index >= 15 is 0 Å². The smallest absolute Gasteiger partial charge is 0.250 e. The molecule has 3 heterocycles. The van der Waals surface area contributed by atoms with Crippen LogP contribution >= 0.6 is 0 Å². The summed E-state index contributed by atoms with van der Waals surface area (Å²) in [6.07, 6.45) is 3.86. The lowest BCUT2D eigenvalue weighted by Gasteiger charge is -2.06. The van der Waals surface area contributed by atoms with Gasteiger partial charge in [-0.3, -0.25) is 4.98 Å². The minimum atomic E-state index is 0.671. The lowest BCUT2D eigenvalue weighted by molar-refractivity contribution is -0.465. The SMILES string of the molecule is Cc1cc(NCc2ccc[nH+]c2)[n+]2c([nH]c3ccccc32)c1C#N. The fourth-order valence-corrected chi connectivity index (χ4v) is 3.04. The summed E-state index contributed by atoms with van der Waals surface area (Å²) in [5, 5.41) is 13.0. The molecule has 116 valence electrons. The van der Waals surface area contributed by atoms with E-state index < -0.39 is 0 Å². The van der Waals surface area contributed by atoms with Crippen LogP contribution in [0.2, 0.25) is 0 Å². The Labute approximate surface area is 139 Å². The van der Waals surface area contributed by atoms with Gasteiger partial charge in [-0.25, -0.2) is 4.98 Å². The number of aromatic nitrogens is 3. The van der Waals surface area contributed by atoms with Gasteiger partial charge in [0, 0.05) is 17.7 Å². The summed E-state index contributed by atoms with van der Waals surface area (Å²) >= 11 is 0. The molecule has 0 saturated carbocycles. The first kappa shape index (κ1) is 14.2. The Morgan fingerprint density at radius 1 is 1.25 bits per heavy atom. The highest BCUT2D eigenvalue weighted by atomic mass is 15.1. The molecule has 5 nitrogen and oxygen atoms in total. The number of aromatic amines is 2. The molecule has 4 aromatic rings. The Hall–Kier alpha value is -3.39. The molecule has 0 saturated heterocycles. The number of pyridine rings is 2. The number of para-hydroxylation sites is 2. The molecule has 0 unspecified atom stereocenters. The van der Waals surface area contributed by atoms with Crippen LogP contribution in [-0.4, -0.2) is 4.98 Å². The molecule has 1 aromatic carbocycles. The van der Waals surface area contributed by atoms with E-state index in [1.807, 2.05) is 49.6 Å². The third-order valence-electron chi connectivity index (χ3n) is 4.20. The number of H-pyrrole nitrogens is 2. The van der Waals surface area contributed by atoms with Crippen molar-refractivity contribution in [2.45, 2.75) is 13.5 Å². The van der Waals surface area contributed by atoms with Gasteiger partial charge >= 0.3 is 0 Å². The van der Waals surface area contributed by atoms with Crippen LogP contribution in [0, 0.1) is 18.3 Å². The Morgan fingerprint density at radius 3 is 2.92 bits per heavy atom. The third-order valence-corrected chi connectivity index (χ3v) is 4.20. The fourth-order valence-electron chi connectivity index (χ4n) is 3.04. The average Bonchev–Trinajstić information content (AvgIpc) is 3.00. The minimum Gasteiger partial charge on any atom is -0.301 e. The standard InChI is InChI=1S/C19H15N5/c1-13-9-18(22-12-14-5-4-8-21-11-14)24-17-7-3-2-6-16(17)23-19(24)15(13)10-20/h2-9,11H,12H2,1H3,(H,22,23)/p+2. The summed E-state index contributed by atoms with van der Waals surface area (Å²) in [5.41, 5.74) is 5.66. The number of rotatable bonds is 3. The molecular weight excluding hydrogens is 298 g/mol. The first-order valence-electron chi connectivity index (χ1n) is 7.83. The van der Waals surface area contributed by atoms with E-state index in [2.05, 4.69) is 37.9 Å². The molecule has 0 fully saturated rings. The number of hydrogen-bond donors (Lipinski definition) is 2. The summed E-state index contributed by atoms with van der Waals surface area (Å²) in [5.74, 6) is 0.961. The van der Waals surface area contributed by atoms with Crippen molar-refractivity contribution in [3.63, 3.8) is 0 Å². The van der Waals surface area contributed by atoms with Crippen molar-refractivity contribution < 1.29 is 9.38 Å². The molecule has 0 atom stereocenters. The number of nitrogens with one attached hydrogen (secondary N) is 3. The number of nitriles is 1. The van der Waals surface area contributed by atoms with Crippen molar-refractivity contribution in [3.05, 3.63) is 71.5 Å². The molecule has 0 aliphatic carbocycles. The zero-order valence-electron chi connectivity index (χ0n) is 13.3. The number of fused-ring (bicyclic) bond motifs is 3. The topological polar surface area (TPSA) is 69.8 Å². The number of benzene rings is 1. The van der Waals surface area contributed by atoms with Crippen LogP contribution in [0.5, 0.6) is 0 Å². The molecule has 0 aliphatic heterocycles. The van der Waals surface area contributed by atoms with Gasteiger partial charge in [-0.1, -0.05) is 12.1 Å². The molecule has 3 N–H and O–H groups in total. The van der Waals surface area contributed by atoms with E-state index in [1.54, 1.807) is 0 Å². The number of nitrogens with zero attached hydrogens (tertiary/aromatic N) is 2. The van der Waals surface area contributed by atoms with E-state index in [1.165, 1.54) is 0 Å². The quantitative estimate of drug-likeness (QED) is 0.570. The van der Waals surface area contributed by atoms with Crippen LogP contribution in [0.4, 0.5) is 5.82 Å². The Balaban J connectivity index is 1.90. The Morgan fingerprint density at radius 2 is 2.12 bits per heavy atom. The zero-order valence-corrected chi connectivity index (χ0v) is 13.3. The van der Waals surface area contributed by atoms with Crippen LogP contribution in [0.3, 0.4) is 0 Å². The van der Waals surface area contributed by atoms with Crippen LogP contribution < -0.4 is 14.7 Å². The van der Waals surface area contributed by atoms with Crippen molar-refractivity contribution in [2.75, 3.05) is 5.32 Å². The van der Waals surface area contributed by atoms with E-state index in [9.17, 15) is 5.26 Å². The zero-order chi connectivity index (χ0) is 16.5. The van der Waals surface area contributed by atoms with Gasteiger partial charge in [-0.15, -0.1) is 0 Å². The van der Waals surface area contributed by atoms with Gasteiger partial charge in [0.05, 0.1) is 6.54 Å². The van der Waals surface area contributed by atoms with E-state index in [0.29, 0.717) is 12.1 Å². The highest BCUT2D eigenvalue weighted by Gasteiger charge is 2.20. The minimum absolute atomic E-state index is 0.671. The second kappa shape index (κ2) is 5.67. The van der Waals surface area contributed by atoms with Gasteiger partial charge in [-0.2, -0.15) is 9.66 Å². The Kier molecular flexibility index (Phi) is 3.36. The maximum absolute atomic E-state index is 9.53. The highest BCUT2D eigenvalue weighted by Crippen LogP contribution is 2.20. The summed E-state index contributed by atoms with van der Waals surface area (Å²) in [4.78, 5) is 6.46. The first-order valence-corrected chi connectivity index (χ1v) is 7.83. The molecule has 0 radical (unpaired) electrons. The van der Waals surface area contributed by atoms with Crippen LogP contribution in [0.15, 0.2) is 54.9 Å². The molecule has 3 aromatic heterocycles. The van der Waals surface area contributed by atoms with Crippen LogP contribution in [0.25, 0.3) is 16.7 Å². The lowest BCUT2D eigenvalue weighted by atomic mass is 10.1. The molecule has 0 bridgehead atoms. The molecule has 5 heteroatoms. The number of aryl methyl sites for hydroxylation is 1. The second-order valence-corrected chi connectivity index (χ2v) is 5.79. The van der Waals surface area contributed by atoms with Crippen molar-refractivity contribution in [2.24, 2.45) is 0 Å². The molecule has 24 heavy (non-hydrogen) atoms. The molecule has 0 amide bonds. The Bertz CT molecular complexity index is 1070. The molecule has 0 aliphatic rings. The summed E-state index contributed by atoms with van der Waals surface area (Å²) < 4.78 is 2.08. The van der Waals surface area contributed by atoms with Crippen molar-refractivity contribution >= 4 is 22.5 Å². The lowest BCUT2D eigenvalue weighted by Crippen LogP contribution is -2.27. The van der Waals surface area contributed by atoms with Crippen molar-refractivity contribution in [1.29, 1.82) is 5.26 Å². The molecule has 0 spiro atoms. The van der Waals surface area contributed by atoms with Gasteiger partial charge in [0.2, 0.25) is 11.5 Å². The first-order chi connectivity index (χ1) is 11.8. The maximum atomic E-state index is 9.53. The average molecular weight is 315 g/mol. The summed E-state index contributed by atoms with van der Waals surface area (Å²) in [6, 6.07) is 16.5. The van der Waals surface area contributed by atoms with E-state index in [4.69, 9.17) is 0 Å². The number of anilines is 1. The van der Waals surface area contributed by atoms with Gasteiger partial charge in [0.1, 0.15) is 22.7 Å². The monoisotopic (exact) mass is 315 g/mol. The van der Waals surface area contributed by atoms with Gasteiger partial charge in [-0.05, 0) is 30.7 Å². The van der Waals surface area contributed by atoms with Crippen LogP contribution in [-0.2, 0) is 6.54 Å². The normalized spacial score (nSPS) is 10.8. The second-order valence-electron chi connectivity index (χ2n) is 5.79. The highest BCUT2D eigenvalue weighted by molar-refractivity contribution is 5.77. The fraction of sp³-hybridized carbons (Fsp3) is 0.105. The van der Waals surface area contributed by atoms with Gasteiger partial charge < -0.3 is 5.32 Å². The maximum Gasteiger partial charge on any atom is 0.250 e. The number of hydrogen-bond acceptors (Lipinski definition) is 2. The molecular formula is C19H17N5+2. The van der Waals surface area contributed by atoms with E-state index in [0.717, 1.165) is 33.6 Å². The van der Waals surface area contributed by atoms with Crippen molar-refractivity contribution in [3.8, 4) is 6.07 Å². The summed E-state index contributed by atoms with van der Waals surface area (Å²) in [7, 11) is 0.